The highest BCUT2D eigenvalue weighted by Crippen LogP contribution is 2.22. The lowest BCUT2D eigenvalue weighted by atomic mass is 10.1. The third-order valence-corrected chi connectivity index (χ3v) is 3.63. The van der Waals surface area contributed by atoms with E-state index in [1.165, 1.54) is 0 Å². The molecular formula is C20H17N3O2. The van der Waals surface area contributed by atoms with Crippen LogP contribution in [0, 0.1) is 0 Å². The second-order valence-corrected chi connectivity index (χ2v) is 5.44. The molecule has 0 aliphatic rings. The van der Waals surface area contributed by atoms with Gasteiger partial charge in [0.2, 0.25) is 5.91 Å². The molecule has 124 valence electrons. The normalized spacial score (nSPS) is 10.1. The molecular weight excluding hydrogens is 314 g/mol. The number of para-hydroxylation sites is 2. The molecule has 3 rings (SSSR count). The van der Waals surface area contributed by atoms with Gasteiger partial charge in [0, 0.05) is 16.9 Å². The average molecular weight is 331 g/mol. The Bertz CT molecular complexity index is 908. The Morgan fingerprint density at radius 3 is 2.20 bits per heavy atom. The summed E-state index contributed by atoms with van der Waals surface area (Å²) in [6.07, 6.45) is 0. The number of carbonyl (C=O) groups excluding carboxylic acids is 2. The molecule has 0 aliphatic heterocycles. The summed E-state index contributed by atoms with van der Waals surface area (Å²) in [4.78, 5) is 23.9. The first-order valence-electron chi connectivity index (χ1n) is 7.76. The SMILES string of the molecule is NC(=O)c1cccc(NC(=O)c2ccccc2Nc2ccccc2)c1. The summed E-state index contributed by atoms with van der Waals surface area (Å²) >= 11 is 0. The van der Waals surface area contributed by atoms with E-state index in [-0.39, 0.29) is 5.91 Å². The minimum atomic E-state index is -0.540. The summed E-state index contributed by atoms with van der Waals surface area (Å²) in [7, 11) is 0. The molecule has 2 amide bonds. The first-order chi connectivity index (χ1) is 12.1. The molecule has 0 aliphatic carbocycles. The maximum absolute atomic E-state index is 12.6. The summed E-state index contributed by atoms with van der Waals surface area (Å²) in [5, 5.41) is 6.03. The Labute approximate surface area is 145 Å². The lowest BCUT2D eigenvalue weighted by Gasteiger charge is -2.12. The fraction of sp³-hybridized carbons (Fsp3) is 0. The number of nitrogens with one attached hydrogen (secondary N) is 2. The van der Waals surface area contributed by atoms with Gasteiger partial charge in [-0.15, -0.1) is 0 Å². The maximum atomic E-state index is 12.6. The van der Waals surface area contributed by atoms with Gasteiger partial charge in [0.15, 0.2) is 0 Å². The third-order valence-electron chi connectivity index (χ3n) is 3.63. The quantitative estimate of drug-likeness (QED) is 0.665. The van der Waals surface area contributed by atoms with E-state index < -0.39 is 5.91 Å². The fourth-order valence-corrected chi connectivity index (χ4v) is 2.42. The van der Waals surface area contributed by atoms with Gasteiger partial charge in [0.05, 0.1) is 11.3 Å². The van der Waals surface area contributed by atoms with Crippen LogP contribution in [-0.4, -0.2) is 11.8 Å². The number of nitrogens with two attached hydrogens (primary N) is 1. The van der Waals surface area contributed by atoms with Gasteiger partial charge in [-0.3, -0.25) is 9.59 Å². The van der Waals surface area contributed by atoms with Crippen molar-refractivity contribution < 1.29 is 9.59 Å². The molecule has 0 unspecified atom stereocenters. The van der Waals surface area contributed by atoms with Gasteiger partial charge >= 0.3 is 0 Å². The smallest absolute Gasteiger partial charge is 0.257 e. The zero-order valence-electron chi connectivity index (χ0n) is 13.4. The number of anilines is 3. The topological polar surface area (TPSA) is 84.2 Å². The van der Waals surface area contributed by atoms with Gasteiger partial charge < -0.3 is 16.4 Å². The van der Waals surface area contributed by atoms with Gasteiger partial charge in [0.1, 0.15) is 0 Å². The van der Waals surface area contributed by atoms with Crippen LogP contribution in [0.1, 0.15) is 20.7 Å². The molecule has 3 aromatic rings. The Morgan fingerprint density at radius 1 is 0.760 bits per heavy atom. The summed E-state index contributed by atoms with van der Waals surface area (Å²) in [5.74, 6) is -0.817. The number of primary amides is 1. The van der Waals surface area contributed by atoms with E-state index in [0.29, 0.717) is 22.5 Å². The molecule has 0 saturated heterocycles. The van der Waals surface area contributed by atoms with Gasteiger partial charge in [-0.25, -0.2) is 0 Å². The fourth-order valence-electron chi connectivity index (χ4n) is 2.42. The standard InChI is InChI=1S/C20H17N3O2/c21-19(24)14-7-6-10-16(13-14)23-20(25)17-11-4-5-12-18(17)22-15-8-2-1-3-9-15/h1-13,22H,(H2,21,24)(H,23,25). The number of benzene rings is 3. The number of hydrogen-bond acceptors (Lipinski definition) is 3. The molecule has 0 saturated carbocycles. The highest BCUT2D eigenvalue weighted by Gasteiger charge is 2.12. The van der Waals surface area contributed by atoms with Crippen LogP contribution in [0.2, 0.25) is 0 Å². The van der Waals surface area contributed by atoms with Crippen molar-refractivity contribution in [2.45, 2.75) is 0 Å². The van der Waals surface area contributed by atoms with Crippen molar-refractivity contribution in [1.82, 2.24) is 0 Å². The summed E-state index contributed by atoms with van der Waals surface area (Å²) in [6.45, 7) is 0. The Balaban J connectivity index is 1.83. The Morgan fingerprint density at radius 2 is 1.44 bits per heavy atom. The van der Waals surface area contributed by atoms with Crippen LogP contribution >= 0.6 is 0 Å². The minimum Gasteiger partial charge on any atom is -0.366 e. The zero-order valence-corrected chi connectivity index (χ0v) is 13.4. The molecule has 0 atom stereocenters. The van der Waals surface area contributed by atoms with Gasteiger partial charge in [-0.1, -0.05) is 36.4 Å². The van der Waals surface area contributed by atoms with E-state index in [9.17, 15) is 9.59 Å². The zero-order chi connectivity index (χ0) is 17.6. The predicted octanol–water partition coefficient (Wildman–Crippen LogP) is 3.78. The molecule has 0 aromatic heterocycles. The van der Waals surface area contributed by atoms with Crippen molar-refractivity contribution in [3.05, 3.63) is 90.0 Å². The highest BCUT2D eigenvalue weighted by atomic mass is 16.2. The van der Waals surface area contributed by atoms with Crippen LogP contribution < -0.4 is 16.4 Å². The monoisotopic (exact) mass is 331 g/mol. The van der Waals surface area contributed by atoms with E-state index in [0.717, 1.165) is 5.69 Å². The van der Waals surface area contributed by atoms with Crippen molar-refractivity contribution in [3.8, 4) is 0 Å². The van der Waals surface area contributed by atoms with Gasteiger partial charge in [0.25, 0.3) is 5.91 Å². The Hall–Kier alpha value is -3.60. The number of hydrogen-bond donors (Lipinski definition) is 3. The van der Waals surface area contributed by atoms with Crippen LogP contribution in [0.15, 0.2) is 78.9 Å². The summed E-state index contributed by atoms with van der Waals surface area (Å²) in [6, 6.07) is 23.4. The lowest BCUT2D eigenvalue weighted by molar-refractivity contribution is 0.0996. The molecule has 0 heterocycles. The average Bonchev–Trinajstić information content (AvgIpc) is 2.63. The molecule has 5 nitrogen and oxygen atoms in total. The second-order valence-electron chi connectivity index (χ2n) is 5.44. The van der Waals surface area contributed by atoms with Crippen molar-refractivity contribution in [1.29, 1.82) is 0 Å². The Kier molecular flexibility index (Phi) is 4.76. The first-order valence-corrected chi connectivity index (χ1v) is 7.76. The maximum Gasteiger partial charge on any atom is 0.257 e. The minimum absolute atomic E-state index is 0.277. The van der Waals surface area contributed by atoms with E-state index in [2.05, 4.69) is 10.6 Å². The van der Waals surface area contributed by atoms with Crippen molar-refractivity contribution >= 4 is 28.9 Å². The van der Waals surface area contributed by atoms with Gasteiger partial charge in [-0.2, -0.15) is 0 Å². The molecule has 0 bridgehead atoms. The molecule has 0 fully saturated rings. The van der Waals surface area contributed by atoms with Crippen LogP contribution in [0.4, 0.5) is 17.1 Å². The van der Waals surface area contributed by atoms with Gasteiger partial charge in [-0.05, 0) is 42.5 Å². The van der Waals surface area contributed by atoms with Crippen molar-refractivity contribution in [2.75, 3.05) is 10.6 Å². The van der Waals surface area contributed by atoms with E-state index in [1.54, 1.807) is 36.4 Å². The van der Waals surface area contributed by atoms with Crippen molar-refractivity contribution in [3.63, 3.8) is 0 Å². The van der Waals surface area contributed by atoms with Crippen LogP contribution in [0.3, 0.4) is 0 Å². The molecule has 0 radical (unpaired) electrons. The van der Waals surface area contributed by atoms with Crippen molar-refractivity contribution in [2.24, 2.45) is 5.73 Å². The summed E-state index contributed by atoms with van der Waals surface area (Å²) in [5.41, 5.74) is 8.20. The highest BCUT2D eigenvalue weighted by molar-refractivity contribution is 6.08. The van der Waals surface area contributed by atoms with E-state index >= 15 is 0 Å². The molecule has 3 aromatic carbocycles. The molecule has 4 N–H and O–H groups in total. The predicted molar refractivity (Wildman–Crippen MR) is 99.1 cm³/mol. The number of rotatable bonds is 5. The van der Waals surface area contributed by atoms with E-state index in [4.69, 9.17) is 5.73 Å². The molecule has 0 spiro atoms. The first kappa shape index (κ1) is 16.3. The van der Waals surface area contributed by atoms with Crippen LogP contribution in [0.25, 0.3) is 0 Å². The lowest BCUT2D eigenvalue weighted by Crippen LogP contribution is -2.15. The third kappa shape index (κ3) is 4.03. The number of amides is 2. The van der Waals surface area contributed by atoms with Crippen LogP contribution in [0.5, 0.6) is 0 Å². The second kappa shape index (κ2) is 7.31. The van der Waals surface area contributed by atoms with E-state index in [1.807, 2.05) is 42.5 Å². The number of carbonyl (C=O) groups is 2. The molecule has 5 heteroatoms. The summed E-state index contributed by atoms with van der Waals surface area (Å²) < 4.78 is 0. The molecule has 25 heavy (non-hydrogen) atoms. The largest absolute Gasteiger partial charge is 0.366 e. The van der Waals surface area contributed by atoms with Crippen LogP contribution in [-0.2, 0) is 0 Å².